The fraction of sp³-hybridized carbons (Fsp3) is 0.316. The van der Waals surface area contributed by atoms with Crippen molar-refractivity contribution in [3.05, 3.63) is 59.5 Å². The van der Waals surface area contributed by atoms with Gasteiger partial charge in [-0.1, -0.05) is 12.1 Å². The molecule has 134 valence electrons. The Bertz CT molecular complexity index is 925. The minimum absolute atomic E-state index is 0.0206. The molecule has 7 nitrogen and oxygen atoms in total. The number of aliphatic hydroxyl groups is 1. The average Bonchev–Trinajstić information content (AvgIpc) is 3.21. The smallest absolute Gasteiger partial charge is 0.232 e. The average molecular weight is 351 g/mol. The van der Waals surface area contributed by atoms with Crippen LogP contribution in [0.4, 0.5) is 5.82 Å². The number of anilines is 1. The van der Waals surface area contributed by atoms with Crippen molar-refractivity contribution in [2.75, 3.05) is 5.32 Å². The van der Waals surface area contributed by atoms with E-state index < -0.39 is 0 Å². The molecule has 1 fully saturated rings. The molecule has 1 saturated carbocycles. The van der Waals surface area contributed by atoms with Gasteiger partial charge in [0.25, 0.3) is 0 Å². The van der Waals surface area contributed by atoms with Crippen LogP contribution in [0.3, 0.4) is 0 Å². The third kappa shape index (κ3) is 3.39. The predicted octanol–water partition coefficient (Wildman–Crippen LogP) is 2.71. The first-order valence-corrected chi connectivity index (χ1v) is 8.75. The first-order valence-electron chi connectivity index (χ1n) is 8.75. The van der Waals surface area contributed by atoms with E-state index in [1.807, 2.05) is 43.5 Å². The Labute approximate surface area is 151 Å². The molecule has 1 atom stereocenters. The van der Waals surface area contributed by atoms with Gasteiger partial charge in [0.15, 0.2) is 5.82 Å². The van der Waals surface area contributed by atoms with E-state index >= 15 is 0 Å². The highest BCUT2D eigenvalue weighted by Crippen LogP contribution is 2.39. The lowest BCUT2D eigenvalue weighted by molar-refractivity contribution is -0.117. The summed E-state index contributed by atoms with van der Waals surface area (Å²) in [6.45, 7) is 1.82. The highest BCUT2D eigenvalue weighted by Gasteiger charge is 2.26. The predicted molar refractivity (Wildman–Crippen MR) is 97.1 cm³/mol. The zero-order chi connectivity index (χ0) is 18.1. The first-order chi connectivity index (χ1) is 12.6. The van der Waals surface area contributed by atoms with Gasteiger partial charge in [-0.05, 0) is 37.5 Å². The van der Waals surface area contributed by atoms with Gasteiger partial charge in [0, 0.05) is 29.4 Å². The van der Waals surface area contributed by atoms with Gasteiger partial charge in [-0.25, -0.2) is 4.68 Å². The molecule has 26 heavy (non-hydrogen) atoms. The Morgan fingerprint density at radius 2 is 2.27 bits per heavy atom. The van der Waals surface area contributed by atoms with E-state index in [1.165, 1.54) is 12.8 Å². The molecule has 2 heterocycles. The molecule has 1 unspecified atom stereocenters. The molecular formula is C19H21N5O2. The normalized spacial score (nSPS) is 15.0. The summed E-state index contributed by atoms with van der Waals surface area (Å²) in [4.78, 5) is 12.5. The van der Waals surface area contributed by atoms with Crippen LogP contribution in [0, 0.1) is 0 Å². The first kappa shape index (κ1) is 16.5. The van der Waals surface area contributed by atoms with Crippen molar-refractivity contribution < 1.29 is 9.90 Å². The number of carbonyl (C=O) groups is 1. The number of aliphatic hydroxyl groups excluding tert-OH is 1. The zero-order valence-corrected chi connectivity index (χ0v) is 14.5. The molecule has 1 aliphatic carbocycles. The van der Waals surface area contributed by atoms with Crippen molar-refractivity contribution in [2.24, 2.45) is 0 Å². The summed E-state index contributed by atoms with van der Waals surface area (Å²) in [5.74, 6) is 0.652. The molecule has 0 radical (unpaired) electrons. The molecule has 0 bridgehead atoms. The minimum atomic E-state index is -0.356. The summed E-state index contributed by atoms with van der Waals surface area (Å²) >= 11 is 0. The van der Waals surface area contributed by atoms with Crippen molar-refractivity contribution >= 4 is 11.7 Å². The summed E-state index contributed by atoms with van der Waals surface area (Å²) in [5, 5.41) is 23.6. The monoisotopic (exact) mass is 351 g/mol. The highest BCUT2D eigenvalue weighted by atomic mass is 16.3. The van der Waals surface area contributed by atoms with Crippen LogP contribution in [0.25, 0.3) is 5.69 Å². The third-order valence-electron chi connectivity index (χ3n) is 4.72. The zero-order valence-electron chi connectivity index (χ0n) is 14.5. The summed E-state index contributed by atoms with van der Waals surface area (Å²) in [5.41, 5.74) is 3.56. The number of nitrogens with zero attached hydrogens (tertiary/aromatic N) is 3. The molecule has 2 aromatic heterocycles. The van der Waals surface area contributed by atoms with Gasteiger partial charge in [-0.3, -0.25) is 9.89 Å². The molecule has 1 aliphatic rings. The van der Waals surface area contributed by atoms with E-state index in [1.54, 1.807) is 10.9 Å². The lowest BCUT2D eigenvalue weighted by Crippen LogP contribution is -2.18. The summed E-state index contributed by atoms with van der Waals surface area (Å²) in [7, 11) is 0. The number of aromatic amines is 1. The van der Waals surface area contributed by atoms with E-state index in [0.717, 1.165) is 22.5 Å². The molecule has 1 amide bonds. The van der Waals surface area contributed by atoms with E-state index in [2.05, 4.69) is 20.6 Å². The van der Waals surface area contributed by atoms with Gasteiger partial charge in [-0.2, -0.15) is 10.2 Å². The second-order valence-electron chi connectivity index (χ2n) is 6.74. The molecule has 1 aromatic carbocycles. The van der Waals surface area contributed by atoms with Gasteiger partial charge in [0.05, 0.1) is 24.4 Å². The second-order valence-corrected chi connectivity index (χ2v) is 6.74. The fourth-order valence-electron chi connectivity index (χ4n) is 2.89. The number of carbonyl (C=O) groups excluding carboxylic acids is 1. The van der Waals surface area contributed by atoms with Gasteiger partial charge in [0.2, 0.25) is 5.91 Å². The maximum atomic E-state index is 12.5. The largest absolute Gasteiger partial charge is 0.392 e. The van der Waals surface area contributed by atoms with Crippen LogP contribution in [-0.4, -0.2) is 31.0 Å². The maximum absolute atomic E-state index is 12.5. The third-order valence-corrected chi connectivity index (χ3v) is 4.72. The Balaban J connectivity index is 1.46. The summed E-state index contributed by atoms with van der Waals surface area (Å²) in [6.07, 6.45) is 5.89. The molecule has 3 aromatic rings. The van der Waals surface area contributed by atoms with Crippen LogP contribution in [-0.2, 0) is 11.4 Å². The Morgan fingerprint density at radius 3 is 3.04 bits per heavy atom. The van der Waals surface area contributed by atoms with Crippen molar-refractivity contribution in [3.63, 3.8) is 0 Å². The molecule has 3 N–H and O–H groups in total. The topological polar surface area (TPSA) is 95.8 Å². The molecule has 0 saturated heterocycles. The van der Waals surface area contributed by atoms with E-state index in [0.29, 0.717) is 11.7 Å². The Hall–Kier alpha value is -2.93. The number of benzene rings is 1. The molecule has 0 spiro atoms. The maximum Gasteiger partial charge on any atom is 0.232 e. The van der Waals surface area contributed by atoms with E-state index in [-0.39, 0.29) is 18.4 Å². The molecule has 0 aliphatic heterocycles. The minimum Gasteiger partial charge on any atom is -0.392 e. The number of hydrogen-bond acceptors (Lipinski definition) is 4. The van der Waals surface area contributed by atoms with E-state index in [9.17, 15) is 9.90 Å². The van der Waals surface area contributed by atoms with Crippen molar-refractivity contribution in [2.45, 2.75) is 38.2 Å². The Kier molecular flexibility index (Phi) is 4.30. The quantitative estimate of drug-likeness (QED) is 0.636. The van der Waals surface area contributed by atoms with Crippen LogP contribution in [0.1, 0.15) is 48.4 Å². The number of H-pyrrole nitrogens is 1. The number of hydrogen-bond donors (Lipinski definition) is 3. The standard InChI is InChI=1S/C19H21N5O2/c1-12(19(26)21-18-8-17(22-23-18)14-5-6-14)15-9-20-24(10-15)16-4-2-3-13(7-16)11-25/h2-4,7-10,12,14,25H,5-6,11H2,1H3,(H2,21,22,23,26). The molecule has 4 rings (SSSR count). The number of amides is 1. The summed E-state index contributed by atoms with van der Waals surface area (Å²) in [6, 6.07) is 9.40. The lowest BCUT2D eigenvalue weighted by Gasteiger charge is -2.08. The second kappa shape index (κ2) is 6.76. The summed E-state index contributed by atoms with van der Waals surface area (Å²) < 4.78 is 1.71. The van der Waals surface area contributed by atoms with Gasteiger partial charge < -0.3 is 10.4 Å². The SMILES string of the molecule is CC(C(=O)Nc1cc(C2CC2)[nH]n1)c1cnn(-c2cccc(CO)c2)c1. The Morgan fingerprint density at radius 1 is 1.42 bits per heavy atom. The van der Waals surface area contributed by atoms with Crippen molar-refractivity contribution in [3.8, 4) is 5.69 Å². The van der Waals surface area contributed by atoms with Crippen LogP contribution in [0.5, 0.6) is 0 Å². The van der Waals surface area contributed by atoms with Crippen LogP contribution >= 0.6 is 0 Å². The number of nitrogens with one attached hydrogen (secondary N) is 2. The van der Waals surface area contributed by atoms with Crippen molar-refractivity contribution in [1.82, 2.24) is 20.0 Å². The molecular weight excluding hydrogens is 330 g/mol. The van der Waals surface area contributed by atoms with Gasteiger partial charge in [0.1, 0.15) is 0 Å². The van der Waals surface area contributed by atoms with Gasteiger partial charge >= 0.3 is 0 Å². The van der Waals surface area contributed by atoms with Gasteiger partial charge in [-0.15, -0.1) is 0 Å². The van der Waals surface area contributed by atoms with Crippen molar-refractivity contribution in [1.29, 1.82) is 0 Å². The van der Waals surface area contributed by atoms with E-state index in [4.69, 9.17) is 0 Å². The fourth-order valence-corrected chi connectivity index (χ4v) is 2.89. The highest BCUT2D eigenvalue weighted by molar-refractivity contribution is 5.94. The molecule has 7 heteroatoms. The number of rotatable bonds is 6. The van der Waals surface area contributed by atoms with Crippen LogP contribution in [0.15, 0.2) is 42.7 Å². The lowest BCUT2D eigenvalue weighted by atomic mass is 10.0. The van der Waals surface area contributed by atoms with Crippen LogP contribution in [0.2, 0.25) is 0 Å². The number of aromatic nitrogens is 4. The van der Waals surface area contributed by atoms with Crippen LogP contribution < -0.4 is 5.32 Å².